The van der Waals surface area contributed by atoms with Gasteiger partial charge in [-0.3, -0.25) is 5.41 Å². The summed E-state index contributed by atoms with van der Waals surface area (Å²) < 4.78 is 38.2. The van der Waals surface area contributed by atoms with Gasteiger partial charge < -0.3 is 15.7 Å². The summed E-state index contributed by atoms with van der Waals surface area (Å²) in [5.74, 6) is -0.0567. The number of amidine groups is 1. The highest BCUT2D eigenvalue weighted by Gasteiger charge is 2.32. The summed E-state index contributed by atoms with van der Waals surface area (Å²) in [6.07, 6.45) is -2.90. The first-order valence-corrected chi connectivity index (χ1v) is 6.74. The van der Waals surface area contributed by atoms with Crippen LogP contribution in [0.2, 0.25) is 0 Å². The Balaban J connectivity index is 2.30. The average molecular weight is 301 g/mol. The minimum atomic E-state index is -4.45. The average Bonchev–Trinajstić information content (AvgIpc) is 2.86. The predicted molar refractivity (Wildman–Crippen MR) is 74.5 cm³/mol. The minimum absolute atomic E-state index is 0.102. The highest BCUT2D eigenvalue weighted by Crippen LogP contribution is 2.34. The van der Waals surface area contributed by atoms with E-state index >= 15 is 0 Å². The molecule has 1 atom stereocenters. The Morgan fingerprint density at radius 3 is 2.71 bits per heavy atom. The molecule has 0 amide bonds. The van der Waals surface area contributed by atoms with Crippen LogP contribution in [-0.2, 0) is 6.18 Å². The second-order valence-corrected chi connectivity index (χ2v) is 5.26. The molecule has 0 aromatic heterocycles. The standard InChI is InChI=1S/C14H18F3N3O/c15-14(16,17)10-1-2-12(11(7-10)13(18)19)20-5-3-9(8-20)4-6-21/h1-2,7,9,21H,3-6,8H2,(H3,18,19). The van der Waals surface area contributed by atoms with Crippen molar-refractivity contribution in [3.63, 3.8) is 0 Å². The van der Waals surface area contributed by atoms with Gasteiger partial charge in [-0.15, -0.1) is 0 Å². The molecule has 1 aromatic carbocycles. The fraction of sp³-hybridized carbons (Fsp3) is 0.500. The highest BCUT2D eigenvalue weighted by molar-refractivity contribution is 6.00. The number of nitrogen functional groups attached to an aromatic ring is 1. The van der Waals surface area contributed by atoms with Crippen molar-refractivity contribution >= 4 is 11.5 Å². The van der Waals surface area contributed by atoms with Gasteiger partial charge in [-0.25, -0.2) is 0 Å². The van der Waals surface area contributed by atoms with Crippen LogP contribution in [0.5, 0.6) is 0 Å². The van der Waals surface area contributed by atoms with Crippen LogP contribution in [0.15, 0.2) is 18.2 Å². The Kier molecular flexibility index (Phi) is 4.41. The van der Waals surface area contributed by atoms with Gasteiger partial charge in [-0.05, 0) is 37.0 Å². The van der Waals surface area contributed by atoms with Gasteiger partial charge in [-0.2, -0.15) is 13.2 Å². The van der Waals surface area contributed by atoms with E-state index < -0.39 is 11.7 Å². The monoisotopic (exact) mass is 301 g/mol. The smallest absolute Gasteiger partial charge is 0.396 e. The van der Waals surface area contributed by atoms with Gasteiger partial charge in [-0.1, -0.05) is 0 Å². The van der Waals surface area contributed by atoms with Crippen molar-refractivity contribution in [2.45, 2.75) is 19.0 Å². The highest BCUT2D eigenvalue weighted by atomic mass is 19.4. The molecule has 21 heavy (non-hydrogen) atoms. The molecule has 0 radical (unpaired) electrons. The molecule has 1 saturated heterocycles. The van der Waals surface area contributed by atoms with Crippen LogP contribution in [-0.4, -0.2) is 30.6 Å². The molecule has 1 aliphatic rings. The van der Waals surface area contributed by atoms with Gasteiger partial charge >= 0.3 is 6.18 Å². The lowest BCUT2D eigenvalue weighted by Crippen LogP contribution is -2.25. The summed E-state index contributed by atoms with van der Waals surface area (Å²) in [4.78, 5) is 1.93. The van der Waals surface area contributed by atoms with E-state index in [4.69, 9.17) is 16.2 Å². The molecule has 1 aromatic rings. The van der Waals surface area contributed by atoms with Crippen LogP contribution < -0.4 is 10.6 Å². The van der Waals surface area contributed by atoms with E-state index in [-0.39, 0.29) is 18.0 Å². The topological polar surface area (TPSA) is 73.3 Å². The molecule has 0 bridgehead atoms. The molecule has 4 nitrogen and oxygen atoms in total. The summed E-state index contributed by atoms with van der Waals surface area (Å²) in [6, 6.07) is 3.32. The molecule has 1 fully saturated rings. The van der Waals surface area contributed by atoms with Gasteiger partial charge in [0.1, 0.15) is 5.84 Å². The molecular formula is C14H18F3N3O. The van der Waals surface area contributed by atoms with Gasteiger partial charge in [0.25, 0.3) is 0 Å². The number of nitrogens with two attached hydrogens (primary N) is 1. The number of aliphatic hydroxyl groups is 1. The van der Waals surface area contributed by atoms with Crippen molar-refractivity contribution in [2.75, 3.05) is 24.6 Å². The molecule has 1 heterocycles. The number of rotatable bonds is 4. The zero-order chi connectivity index (χ0) is 15.6. The van der Waals surface area contributed by atoms with E-state index in [0.717, 1.165) is 18.6 Å². The summed E-state index contributed by atoms with van der Waals surface area (Å²) >= 11 is 0. The summed E-state index contributed by atoms with van der Waals surface area (Å²) in [7, 11) is 0. The van der Waals surface area contributed by atoms with Crippen molar-refractivity contribution in [3.05, 3.63) is 29.3 Å². The number of benzene rings is 1. The zero-order valence-electron chi connectivity index (χ0n) is 11.5. The summed E-state index contributed by atoms with van der Waals surface area (Å²) in [5, 5.41) is 16.5. The molecule has 0 aliphatic carbocycles. The van der Waals surface area contributed by atoms with Crippen LogP contribution >= 0.6 is 0 Å². The van der Waals surface area contributed by atoms with Crippen LogP contribution in [0, 0.1) is 11.3 Å². The van der Waals surface area contributed by atoms with Crippen molar-refractivity contribution in [1.29, 1.82) is 5.41 Å². The summed E-state index contributed by atoms with van der Waals surface area (Å²) in [6.45, 7) is 1.45. The predicted octanol–water partition coefficient (Wildman–Crippen LogP) is 2.20. The Bertz CT molecular complexity index is 531. The van der Waals surface area contributed by atoms with Crippen molar-refractivity contribution < 1.29 is 18.3 Å². The van der Waals surface area contributed by atoms with Crippen molar-refractivity contribution in [3.8, 4) is 0 Å². The number of alkyl halides is 3. The fourth-order valence-corrected chi connectivity index (χ4v) is 2.67. The SMILES string of the molecule is N=C(N)c1cc(C(F)(F)F)ccc1N1CCC(CCO)C1. The number of nitrogens with one attached hydrogen (secondary N) is 1. The first-order chi connectivity index (χ1) is 9.82. The Labute approximate surface area is 120 Å². The number of anilines is 1. The second kappa shape index (κ2) is 5.93. The quantitative estimate of drug-likeness (QED) is 0.589. The van der Waals surface area contributed by atoms with E-state index in [0.29, 0.717) is 31.1 Å². The van der Waals surface area contributed by atoms with Crippen LogP contribution in [0.4, 0.5) is 18.9 Å². The molecule has 2 rings (SSSR count). The van der Waals surface area contributed by atoms with Gasteiger partial charge in [0.2, 0.25) is 0 Å². The maximum Gasteiger partial charge on any atom is 0.416 e. The first kappa shape index (κ1) is 15.6. The van der Waals surface area contributed by atoms with Gasteiger partial charge in [0.05, 0.1) is 5.56 Å². The Hall–Kier alpha value is -1.76. The molecule has 0 spiro atoms. The zero-order valence-corrected chi connectivity index (χ0v) is 11.5. The number of nitrogens with zero attached hydrogens (tertiary/aromatic N) is 1. The van der Waals surface area contributed by atoms with Crippen molar-refractivity contribution in [1.82, 2.24) is 0 Å². The van der Waals surface area contributed by atoms with E-state index in [2.05, 4.69) is 0 Å². The number of hydrogen-bond acceptors (Lipinski definition) is 3. The first-order valence-electron chi connectivity index (χ1n) is 6.74. The number of hydrogen-bond donors (Lipinski definition) is 3. The fourth-order valence-electron chi connectivity index (χ4n) is 2.67. The minimum Gasteiger partial charge on any atom is -0.396 e. The van der Waals surface area contributed by atoms with Crippen LogP contribution in [0.3, 0.4) is 0 Å². The third-order valence-electron chi connectivity index (χ3n) is 3.78. The molecule has 1 aliphatic heterocycles. The maximum absolute atomic E-state index is 12.7. The van der Waals surface area contributed by atoms with E-state index in [9.17, 15) is 13.2 Å². The van der Waals surface area contributed by atoms with Crippen LogP contribution in [0.25, 0.3) is 0 Å². The molecule has 116 valence electrons. The number of aliphatic hydroxyl groups excluding tert-OH is 1. The van der Waals surface area contributed by atoms with E-state index in [1.54, 1.807) is 0 Å². The Morgan fingerprint density at radius 1 is 1.43 bits per heavy atom. The van der Waals surface area contributed by atoms with Crippen molar-refractivity contribution in [2.24, 2.45) is 11.7 Å². The summed E-state index contributed by atoms with van der Waals surface area (Å²) in [5.41, 5.74) is 5.29. The maximum atomic E-state index is 12.7. The molecule has 4 N–H and O–H groups in total. The third kappa shape index (κ3) is 3.47. The molecule has 0 saturated carbocycles. The van der Waals surface area contributed by atoms with Crippen LogP contribution in [0.1, 0.15) is 24.0 Å². The van der Waals surface area contributed by atoms with E-state index in [1.165, 1.54) is 6.07 Å². The lowest BCUT2D eigenvalue weighted by atomic mass is 10.1. The Morgan fingerprint density at radius 2 is 2.14 bits per heavy atom. The third-order valence-corrected chi connectivity index (χ3v) is 3.78. The van der Waals surface area contributed by atoms with E-state index in [1.807, 2.05) is 4.90 Å². The molecule has 1 unspecified atom stereocenters. The second-order valence-electron chi connectivity index (χ2n) is 5.26. The van der Waals surface area contributed by atoms with Gasteiger partial charge in [0, 0.05) is 30.9 Å². The lowest BCUT2D eigenvalue weighted by molar-refractivity contribution is -0.137. The number of halogens is 3. The largest absolute Gasteiger partial charge is 0.416 e. The molecular weight excluding hydrogens is 283 g/mol. The van der Waals surface area contributed by atoms with Gasteiger partial charge in [0.15, 0.2) is 0 Å². The lowest BCUT2D eigenvalue weighted by Gasteiger charge is -2.23. The molecule has 7 heteroatoms. The normalized spacial score (nSPS) is 19.0.